The molecule has 16 nitrogen and oxygen atoms in total. The van der Waals surface area contributed by atoms with Gasteiger partial charge in [0.05, 0.1) is 12.1 Å². The normalized spacial score (nSPS) is 21.1. The number of piperidine rings is 2. The number of nitrogens with two attached hydrogens (primary N) is 4. The maximum Gasteiger partial charge on any atom is 0.266 e. The molecule has 47 heavy (non-hydrogen) atoms. The Morgan fingerprint density at radius 1 is 0.787 bits per heavy atom. The largest absolute Gasteiger partial charge is 0.380 e. The number of anilines is 5. The van der Waals surface area contributed by atoms with Crippen molar-refractivity contribution in [3.8, 4) is 17.2 Å². The van der Waals surface area contributed by atoms with Crippen LogP contribution in [-0.2, 0) is 4.79 Å². The summed E-state index contributed by atoms with van der Waals surface area (Å²) in [6.07, 6.45) is 0.693. The van der Waals surface area contributed by atoms with Gasteiger partial charge in [-0.15, -0.1) is 0 Å². The summed E-state index contributed by atoms with van der Waals surface area (Å²) in [6.45, 7) is 2.07. The summed E-state index contributed by atoms with van der Waals surface area (Å²) >= 11 is 0. The molecule has 2 saturated heterocycles. The predicted octanol–water partition coefficient (Wildman–Crippen LogP) is 1.34. The van der Waals surface area contributed by atoms with Crippen LogP contribution in [0.3, 0.4) is 0 Å². The van der Waals surface area contributed by atoms with Crippen LogP contribution in [0.5, 0.6) is 17.2 Å². The van der Waals surface area contributed by atoms with Crippen molar-refractivity contribution in [2.45, 2.75) is 43.4 Å². The molecule has 0 bridgehead atoms. The number of hydrogen-bond acceptors (Lipinski definition) is 15. The molecule has 1 amide bonds. The zero-order valence-electron chi connectivity index (χ0n) is 24.9. The summed E-state index contributed by atoms with van der Waals surface area (Å²) in [5, 5.41) is 5.59. The number of rotatable bonds is 11. The van der Waals surface area contributed by atoms with Gasteiger partial charge >= 0.3 is 0 Å². The first-order chi connectivity index (χ1) is 22.6. The van der Waals surface area contributed by atoms with Gasteiger partial charge < -0.3 is 43.4 Å². The Balaban J connectivity index is 1.20. The molecule has 2 aliphatic heterocycles. The molecule has 10 N–H and O–H groups in total. The van der Waals surface area contributed by atoms with Gasteiger partial charge in [0.15, 0.2) is 5.78 Å². The van der Waals surface area contributed by atoms with Crippen LogP contribution in [-0.4, -0.2) is 77.0 Å². The molecule has 4 atom stereocenters. The average molecular weight is 662 g/mol. The summed E-state index contributed by atoms with van der Waals surface area (Å²) < 4.78 is 38.3. The number of nitrogens with one attached hydrogen (secondary N) is 2. The minimum absolute atomic E-state index is 0.0642. The lowest BCUT2D eigenvalue weighted by molar-refractivity contribution is -0.115. The fraction of sp³-hybridized carbons (Fsp3) is 0.393. The smallest absolute Gasteiger partial charge is 0.266 e. The third-order valence-corrected chi connectivity index (χ3v) is 7.68. The Hall–Kier alpha value is -5.14. The van der Waals surface area contributed by atoms with E-state index in [0.717, 1.165) is 12.1 Å². The Morgan fingerprint density at radius 2 is 1.38 bits per heavy atom. The Bertz CT molecular complexity index is 1580. The van der Waals surface area contributed by atoms with Crippen LogP contribution in [0.4, 0.5) is 42.8 Å². The van der Waals surface area contributed by atoms with E-state index in [0.29, 0.717) is 56.6 Å². The van der Waals surface area contributed by atoms with E-state index in [1.54, 1.807) is 12.1 Å². The zero-order valence-corrected chi connectivity index (χ0v) is 24.9. The van der Waals surface area contributed by atoms with Gasteiger partial charge in [0.2, 0.25) is 35.3 Å². The Morgan fingerprint density at radius 3 is 1.98 bits per heavy atom. The zero-order chi connectivity index (χ0) is 33.7. The molecule has 0 radical (unpaired) electrons. The molecule has 0 spiro atoms. The highest BCUT2D eigenvalue weighted by Crippen LogP contribution is 2.44. The van der Waals surface area contributed by atoms with Crippen LogP contribution in [0.15, 0.2) is 36.4 Å². The SMILES string of the molecule is Nc1nc(N2C[C@H](N)C[C@H](N)C2)nc(N2C[C@@H](N)C[C@@H](Nc3ccc(C(=O)CC(=O)Nc4ccc(OF)c(OF)c4OF)cc3)C2)n1. The van der Waals surface area contributed by atoms with Gasteiger partial charge in [-0.05, 0) is 49.2 Å². The van der Waals surface area contributed by atoms with Crippen LogP contribution in [0.1, 0.15) is 29.6 Å². The maximum absolute atomic E-state index is 13.0. The van der Waals surface area contributed by atoms with E-state index in [-0.39, 0.29) is 35.7 Å². The van der Waals surface area contributed by atoms with Crippen molar-refractivity contribution in [2.24, 2.45) is 17.2 Å². The Kier molecular flexibility index (Phi) is 10.3. The van der Waals surface area contributed by atoms with Gasteiger partial charge in [0.1, 0.15) is 0 Å². The van der Waals surface area contributed by atoms with Gasteiger partial charge in [0.25, 0.3) is 5.75 Å². The molecule has 3 heterocycles. The molecular formula is C28H34F3N11O5. The number of nitrogen functional groups attached to an aromatic ring is 1. The van der Waals surface area contributed by atoms with E-state index in [1.807, 2.05) is 9.80 Å². The molecule has 0 aliphatic carbocycles. The number of ketones is 1. The molecular weight excluding hydrogens is 627 g/mol. The van der Waals surface area contributed by atoms with Crippen LogP contribution in [0.2, 0.25) is 0 Å². The van der Waals surface area contributed by atoms with Gasteiger partial charge in [-0.25, -0.2) is 0 Å². The second kappa shape index (κ2) is 14.5. The van der Waals surface area contributed by atoms with Crippen LogP contribution in [0.25, 0.3) is 0 Å². The number of carbonyl (C=O) groups excluding carboxylic acids is 2. The van der Waals surface area contributed by atoms with Gasteiger partial charge in [-0.2, -0.15) is 15.0 Å². The number of nitrogens with zero attached hydrogens (tertiary/aromatic N) is 5. The van der Waals surface area contributed by atoms with Gasteiger partial charge in [-0.1, -0.05) is 0 Å². The topological polar surface area (TPSA) is 235 Å². The minimum Gasteiger partial charge on any atom is -0.380 e. The van der Waals surface area contributed by atoms with E-state index >= 15 is 0 Å². The number of hydrogen-bond donors (Lipinski definition) is 6. The number of aromatic nitrogens is 3. The van der Waals surface area contributed by atoms with E-state index in [4.69, 9.17) is 22.9 Å². The highest BCUT2D eigenvalue weighted by molar-refractivity contribution is 6.11. The molecule has 2 aliphatic rings. The second-order valence-corrected chi connectivity index (χ2v) is 11.4. The highest BCUT2D eigenvalue weighted by atomic mass is 19.3. The maximum atomic E-state index is 13.0. The van der Waals surface area contributed by atoms with E-state index in [9.17, 15) is 23.2 Å². The van der Waals surface area contributed by atoms with Crippen molar-refractivity contribution < 1.29 is 38.0 Å². The number of Topliss-reactive ketones (excluding diaryl/α,β-unsaturated/α-hetero) is 1. The second-order valence-electron chi connectivity index (χ2n) is 11.4. The number of benzene rings is 2. The van der Waals surface area contributed by atoms with Crippen LogP contribution < -0.4 is 58.2 Å². The third kappa shape index (κ3) is 7.99. The molecule has 5 rings (SSSR count). The van der Waals surface area contributed by atoms with Crippen molar-refractivity contribution in [1.29, 1.82) is 0 Å². The quantitative estimate of drug-likeness (QED) is 0.126. The minimum atomic E-state index is -1.08. The first-order valence-electron chi connectivity index (χ1n) is 14.6. The highest BCUT2D eigenvalue weighted by Gasteiger charge is 2.30. The van der Waals surface area contributed by atoms with Crippen molar-refractivity contribution in [3.63, 3.8) is 0 Å². The summed E-state index contributed by atoms with van der Waals surface area (Å²) in [7, 11) is 0. The monoisotopic (exact) mass is 661 g/mol. The van der Waals surface area contributed by atoms with Gasteiger partial charge in [0, 0.05) is 75.2 Å². The summed E-state index contributed by atoms with van der Waals surface area (Å²) in [5.41, 5.74) is 25.2. The molecule has 2 aromatic carbocycles. The summed E-state index contributed by atoms with van der Waals surface area (Å²) in [6, 6.07) is 7.68. The molecule has 2 fully saturated rings. The number of halogens is 3. The lowest BCUT2D eigenvalue weighted by Crippen LogP contribution is -2.53. The lowest BCUT2D eigenvalue weighted by Gasteiger charge is -2.38. The standard InChI is InChI=1S/C28H34F3N11O5/c29-45-22-6-5-20(24(46-30)25(22)47-31)37-23(44)9-21(43)14-1-3-18(4-2-14)36-19-8-17(34)12-42(13-19)28-39-26(35)38-27(40-28)41-10-15(32)7-16(33)11-41/h1-6,15-17,19,36H,7-13,32-34H2,(H,37,44)(H2,35,38,39,40)/t15-,16+,17-,19+/m0/s1. The fourth-order valence-corrected chi connectivity index (χ4v) is 5.68. The molecule has 1 aromatic heterocycles. The molecule has 0 saturated carbocycles. The number of amides is 1. The van der Waals surface area contributed by atoms with Crippen molar-refractivity contribution >= 4 is 40.9 Å². The van der Waals surface area contributed by atoms with Crippen molar-refractivity contribution in [1.82, 2.24) is 15.0 Å². The molecule has 252 valence electrons. The van der Waals surface area contributed by atoms with Crippen molar-refractivity contribution in [3.05, 3.63) is 42.0 Å². The van der Waals surface area contributed by atoms with Crippen LogP contribution in [0, 0.1) is 0 Å². The van der Waals surface area contributed by atoms with E-state index in [1.165, 1.54) is 12.1 Å². The van der Waals surface area contributed by atoms with Crippen LogP contribution >= 0.6 is 0 Å². The average Bonchev–Trinajstić information content (AvgIpc) is 3.03. The lowest BCUT2D eigenvalue weighted by atomic mass is 10.0. The Labute approximate surface area is 266 Å². The molecule has 3 aromatic rings. The molecule has 0 unspecified atom stereocenters. The van der Waals surface area contributed by atoms with E-state index in [2.05, 4.69) is 40.4 Å². The first kappa shape index (κ1) is 33.2. The molecule has 19 heteroatoms. The first-order valence-corrected chi connectivity index (χ1v) is 14.6. The fourth-order valence-electron chi connectivity index (χ4n) is 5.68. The summed E-state index contributed by atoms with van der Waals surface area (Å²) in [5.74, 6) is -3.50. The third-order valence-electron chi connectivity index (χ3n) is 7.68. The predicted molar refractivity (Wildman–Crippen MR) is 165 cm³/mol. The van der Waals surface area contributed by atoms with Gasteiger partial charge in [-0.3, -0.25) is 24.4 Å². The van der Waals surface area contributed by atoms with Crippen molar-refractivity contribution in [2.75, 3.05) is 52.3 Å². The van der Waals surface area contributed by atoms with E-state index < -0.39 is 41.0 Å². The number of carbonyl (C=O) groups is 2. The summed E-state index contributed by atoms with van der Waals surface area (Å²) in [4.78, 5) is 52.6.